The van der Waals surface area contributed by atoms with E-state index in [4.69, 9.17) is 11.0 Å². The zero-order valence-corrected chi connectivity index (χ0v) is 14.1. The van der Waals surface area contributed by atoms with Crippen molar-refractivity contribution >= 4 is 23.2 Å². The molecule has 27 heavy (non-hydrogen) atoms. The first-order chi connectivity index (χ1) is 13.1. The lowest BCUT2D eigenvalue weighted by atomic mass is 10.1. The molecule has 3 heterocycles. The molecular weight excluding hydrogens is 344 g/mol. The van der Waals surface area contributed by atoms with Gasteiger partial charge in [-0.3, -0.25) is 9.48 Å². The average molecular weight is 358 g/mol. The normalized spacial score (nSPS) is 10.6. The van der Waals surface area contributed by atoms with Crippen molar-refractivity contribution in [1.82, 2.24) is 24.4 Å². The number of aromatic nitrogens is 5. The molecule has 132 valence electrons. The third kappa shape index (κ3) is 3.45. The van der Waals surface area contributed by atoms with E-state index in [9.17, 15) is 4.79 Å². The lowest BCUT2D eigenvalue weighted by Crippen LogP contribution is -2.18. The largest absolute Gasteiger partial charge is 0.366 e. The Bertz CT molecular complexity index is 1170. The Labute approximate surface area is 153 Å². The number of amides is 1. The SMILES string of the molecule is N#Cc1ccc(NC(=O)Cn2cc(-c3ccn4nc(N)nc4c3)cn2)cc1. The van der Waals surface area contributed by atoms with Crippen molar-refractivity contribution in [2.24, 2.45) is 0 Å². The fourth-order valence-electron chi connectivity index (χ4n) is 2.65. The summed E-state index contributed by atoms with van der Waals surface area (Å²) in [7, 11) is 0. The average Bonchev–Trinajstić information content (AvgIpc) is 3.27. The molecule has 0 bridgehead atoms. The number of fused-ring (bicyclic) bond motifs is 1. The molecule has 0 saturated carbocycles. The van der Waals surface area contributed by atoms with Crippen LogP contribution in [-0.2, 0) is 11.3 Å². The molecule has 0 atom stereocenters. The molecule has 0 radical (unpaired) electrons. The Morgan fingerprint density at radius 3 is 2.81 bits per heavy atom. The number of anilines is 2. The second-order valence-corrected chi connectivity index (χ2v) is 5.85. The van der Waals surface area contributed by atoms with Gasteiger partial charge in [-0.1, -0.05) is 0 Å². The maximum atomic E-state index is 12.2. The third-order valence-corrected chi connectivity index (χ3v) is 3.92. The molecule has 0 fully saturated rings. The number of nitrogens with two attached hydrogens (primary N) is 1. The Kier molecular flexibility index (Phi) is 3.99. The first-order valence-electron chi connectivity index (χ1n) is 8.05. The van der Waals surface area contributed by atoms with Gasteiger partial charge in [0, 0.05) is 23.6 Å². The van der Waals surface area contributed by atoms with E-state index in [1.165, 1.54) is 0 Å². The highest BCUT2D eigenvalue weighted by molar-refractivity contribution is 5.90. The standard InChI is InChI=1S/C18H14N8O/c19-8-12-1-3-15(4-2-12)22-17(27)11-25-10-14(9-21-25)13-5-6-26-16(7-13)23-18(20)24-26/h1-7,9-10H,11H2,(H2,20,24)(H,22,27). The number of nitrogen functional groups attached to an aromatic ring is 1. The number of nitrogens with zero attached hydrogens (tertiary/aromatic N) is 6. The van der Waals surface area contributed by atoms with E-state index in [1.807, 2.05) is 18.2 Å². The van der Waals surface area contributed by atoms with Gasteiger partial charge in [-0.25, -0.2) is 4.52 Å². The molecule has 1 aromatic carbocycles. The van der Waals surface area contributed by atoms with Gasteiger partial charge in [-0.2, -0.15) is 15.3 Å². The minimum absolute atomic E-state index is 0.0696. The van der Waals surface area contributed by atoms with Crippen LogP contribution in [0, 0.1) is 11.3 Å². The number of hydrogen-bond acceptors (Lipinski definition) is 6. The smallest absolute Gasteiger partial charge is 0.246 e. The number of hydrogen-bond donors (Lipinski definition) is 2. The Morgan fingerprint density at radius 2 is 2.04 bits per heavy atom. The summed E-state index contributed by atoms with van der Waals surface area (Å²) in [5.41, 5.74) is 9.15. The highest BCUT2D eigenvalue weighted by Crippen LogP contribution is 2.20. The van der Waals surface area contributed by atoms with Crippen molar-refractivity contribution < 1.29 is 4.79 Å². The van der Waals surface area contributed by atoms with Gasteiger partial charge in [0.2, 0.25) is 11.9 Å². The van der Waals surface area contributed by atoms with Crippen LogP contribution in [0.15, 0.2) is 55.0 Å². The molecule has 3 aromatic heterocycles. The third-order valence-electron chi connectivity index (χ3n) is 3.92. The monoisotopic (exact) mass is 358 g/mol. The molecule has 0 aliphatic rings. The van der Waals surface area contributed by atoms with Crippen LogP contribution >= 0.6 is 0 Å². The highest BCUT2D eigenvalue weighted by Gasteiger charge is 2.08. The summed E-state index contributed by atoms with van der Waals surface area (Å²) in [6.07, 6.45) is 5.23. The summed E-state index contributed by atoms with van der Waals surface area (Å²) in [6, 6.07) is 12.4. The zero-order chi connectivity index (χ0) is 18.8. The van der Waals surface area contributed by atoms with E-state index in [2.05, 4.69) is 20.5 Å². The maximum absolute atomic E-state index is 12.2. The summed E-state index contributed by atoms with van der Waals surface area (Å²) in [5, 5.41) is 19.8. The molecular formula is C18H14N8O. The lowest BCUT2D eigenvalue weighted by molar-refractivity contribution is -0.116. The van der Waals surface area contributed by atoms with Crippen molar-refractivity contribution in [3.05, 3.63) is 60.6 Å². The molecule has 0 aliphatic heterocycles. The number of benzene rings is 1. The Balaban J connectivity index is 1.46. The summed E-state index contributed by atoms with van der Waals surface area (Å²) in [5.74, 6) is -0.00245. The van der Waals surface area contributed by atoms with Crippen LogP contribution in [0.1, 0.15) is 5.56 Å². The number of rotatable bonds is 4. The number of nitriles is 1. The second-order valence-electron chi connectivity index (χ2n) is 5.85. The summed E-state index contributed by atoms with van der Waals surface area (Å²) in [6.45, 7) is 0.0696. The quantitative estimate of drug-likeness (QED) is 0.571. The second kappa shape index (κ2) is 6.61. The molecule has 4 aromatic rings. The molecule has 0 saturated heterocycles. The van der Waals surface area contributed by atoms with Crippen LogP contribution < -0.4 is 11.1 Å². The fourth-order valence-corrected chi connectivity index (χ4v) is 2.65. The molecule has 0 spiro atoms. The van der Waals surface area contributed by atoms with Gasteiger partial charge in [0.1, 0.15) is 6.54 Å². The van der Waals surface area contributed by atoms with E-state index in [0.717, 1.165) is 11.1 Å². The highest BCUT2D eigenvalue weighted by atomic mass is 16.2. The van der Waals surface area contributed by atoms with Gasteiger partial charge < -0.3 is 11.1 Å². The van der Waals surface area contributed by atoms with Crippen molar-refractivity contribution in [2.45, 2.75) is 6.54 Å². The first-order valence-corrected chi connectivity index (χ1v) is 8.05. The van der Waals surface area contributed by atoms with Crippen molar-refractivity contribution in [2.75, 3.05) is 11.1 Å². The molecule has 4 rings (SSSR count). The maximum Gasteiger partial charge on any atom is 0.246 e. The Hall–Kier alpha value is -4.19. The number of carbonyl (C=O) groups excluding carboxylic acids is 1. The molecule has 0 unspecified atom stereocenters. The van der Waals surface area contributed by atoms with Crippen LogP contribution in [0.3, 0.4) is 0 Å². The lowest BCUT2D eigenvalue weighted by Gasteiger charge is -2.05. The minimum Gasteiger partial charge on any atom is -0.366 e. The number of nitrogens with one attached hydrogen (secondary N) is 1. The Morgan fingerprint density at radius 1 is 1.22 bits per heavy atom. The van der Waals surface area contributed by atoms with Crippen molar-refractivity contribution in [3.63, 3.8) is 0 Å². The van der Waals surface area contributed by atoms with Crippen molar-refractivity contribution in [3.8, 4) is 17.2 Å². The van der Waals surface area contributed by atoms with Gasteiger partial charge >= 0.3 is 0 Å². The van der Waals surface area contributed by atoms with Crippen LogP contribution in [0.4, 0.5) is 11.6 Å². The molecule has 1 amide bonds. The van der Waals surface area contributed by atoms with E-state index in [1.54, 1.807) is 52.1 Å². The number of pyridine rings is 1. The van der Waals surface area contributed by atoms with Crippen LogP contribution in [0.5, 0.6) is 0 Å². The van der Waals surface area contributed by atoms with E-state index in [-0.39, 0.29) is 18.4 Å². The van der Waals surface area contributed by atoms with E-state index < -0.39 is 0 Å². The predicted molar refractivity (Wildman–Crippen MR) is 98.4 cm³/mol. The molecule has 9 heteroatoms. The minimum atomic E-state index is -0.213. The van der Waals surface area contributed by atoms with Crippen LogP contribution in [-0.4, -0.2) is 30.3 Å². The fraction of sp³-hybridized carbons (Fsp3) is 0.0556. The van der Waals surface area contributed by atoms with Gasteiger partial charge in [0.25, 0.3) is 0 Å². The number of carbonyl (C=O) groups is 1. The van der Waals surface area contributed by atoms with Gasteiger partial charge in [-0.05, 0) is 42.0 Å². The molecule has 0 aliphatic carbocycles. The van der Waals surface area contributed by atoms with E-state index in [0.29, 0.717) is 16.9 Å². The van der Waals surface area contributed by atoms with Gasteiger partial charge in [-0.15, -0.1) is 5.10 Å². The molecule has 9 nitrogen and oxygen atoms in total. The first kappa shape index (κ1) is 16.3. The summed E-state index contributed by atoms with van der Waals surface area (Å²) >= 11 is 0. The summed E-state index contributed by atoms with van der Waals surface area (Å²) < 4.78 is 3.14. The van der Waals surface area contributed by atoms with Crippen LogP contribution in [0.2, 0.25) is 0 Å². The predicted octanol–water partition coefficient (Wildman–Crippen LogP) is 1.69. The summed E-state index contributed by atoms with van der Waals surface area (Å²) in [4.78, 5) is 16.3. The van der Waals surface area contributed by atoms with Gasteiger partial charge in [0.15, 0.2) is 5.65 Å². The van der Waals surface area contributed by atoms with Gasteiger partial charge in [0.05, 0.1) is 17.8 Å². The van der Waals surface area contributed by atoms with Crippen molar-refractivity contribution in [1.29, 1.82) is 5.26 Å². The van der Waals surface area contributed by atoms with Crippen LogP contribution in [0.25, 0.3) is 16.8 Å². The van der Waals surface area contributed by atoms with E-state index >= 15 is 0 Å². The zero-order valence-electron chi connectivity index (χ0n) is 14.1. The topological polar surface area (TPSA) is 127 Å². The molecule has 3 N–H and O–H groups in total.